The molecule has 0 aliphatic rings. The van der Waals surface area contributed by atoms with Crippen LogP contribution in [-0.4, -0.2) is 6.04 Å². The molecular formula is C7H14NY-. The Morgan fingerprint density at radius 1 is 1.78 bits per heavy atom. The fourth-order valence-corrected chi connectivity index (χ4v) is 0.387. The molecule has 0 aliphatic heterocycles. The van der Waals surface area contributed by atoms with Crippen molar-refractivity contribution in [3.05, 3.63) is 18.6 Å². The van der Waals surface area contributed by atoms with E-state index in [4.69, 9.17) is 5.73 Å². The van der Waals surface area contributed by atoms with Crippen molar-refractivity contribution in [1.29, 1.82) is 0 Å². The Bertz CT molecular complexity index is 79.0. The first-order valence-electron chi connectivity index (χ1n) is 2.86. The summed E-state index contributed by atoms with van der Waals surface area (Å²) in [4.78, 5) is 0. The van der Waals surface area contributed by atoms with Crippen molar-refractivity contribution in [1.82, 2.24) is 0 Å². The molecule has 9 heavy (non-hydrogen) atoms. The van der Waals surface area contributed by atoms with Gasteiger partial charge in [-0.05, 0) is 6.92 Å². The first kappa shape index (κ1) is 12.5. The van der Waals surface area contributed by atoms with Crippen LogP contribution in [0.3, 0.4) is 0 Å². The topological polar surface area (TPSA) is 26.0 Å². The fraction of sp³-hybridized carbons (Fsp3) is 0.571. The van der Waals surface area contributed by atoms with Crippen LogP contribution >= 0.6 is 0 Å². The largest absolute Gasteiger partial charge is 0.357 e. The van der Waals surface area contributed by atoms with E-state index in [0.29, 0.717) is 0 Å². The van der Waals surface area contributed by atoms with E-state index in [0.717, 1.165) is 6.42 Å². The van der Waals surface area contributed by atoms with Gasteiger partial charge in [-0.25, -0.2) is 0 Å². The third-order valence-electron chi connectivity index (χ3n) is 0.838. The van der Waals surface area contributed by atoms with Crippen molar-refractivity contribution in [3.8, 4) is 0 Å². The molecule has 0 saturated heterocycles. The normalized spacial score (nSPS) is 11.9. The first-order valence-corrected chi connectivity index (χ1v) is 2.86. The standard InChI is InChI=1S/C7H14N.Y/c1-6(2)4-5-7(3)8;/h5,7H,1,4,8H2,2-3H3;/q-1;. The van der Waals surface area contributed by atoms with Gasteiger partial charge < -0.3 is 12.2 Å². The molecule has 1 atom stereocenters. The van der Waals surface area contributed by atoms with Crippen LogP contribution in [-0.2, 0) is 32.7 Å². The van der Waals surface area contributed by atoms with Gasteiger partial charge >= 0.3 is 0 Å². The van der Waals surface area contributed by atoms with E-state index in [-0.39, 0.29) is 38.8 Å². The molecule has 0 aromatic heterocycles. The summed E-state index contributed by atoms with van der Waals surface area (Å²) in [5.41, 5.74) is 6.61. The molecule has 0 fully saturated rings. The summed E-state index contributed by atoms with van der Waals surface area (Å²) in [6.45, 7) is 7.70. The minimum Gasteiger partial charge on any atom is -0.357 e. The smallest absolute Gasteiger partial charge is 0 e. The van der Waals surface area contributed by atoms with E-state index in [1.165, 1.54) is 5.57 Å². The van der Waals surface area contributed by atoms with Crippen LogP contribution in [0.15, 0.2) is 12.2 Å². The Balaban J connectivity index is 0. The molecule has 0 amide bonds. The van der Waals surface area contributed by atoms with E-state index in [1.807, 2.05) is 20.3 Å². The van der Waals surface area contributed by atoms with E-state index in [1.54, 1.807) is 0 Å². The Kier molecular flexibility index (Phi) is 9.59. The van der Waals surface area contributed by atoms with Crippen molar-refractivity contribution in [2.24, 2.45) is 5.73 Å². The van der Waals surface area contributed by atoms with Gasteiger partial charge in [0, 0.05) is 32.7 Å². The van der Waals surface area contributed by atoms with Crippen molar-refractivity contribution in [2.75, 3.05) is 0 Å². The monoisotopic (exact) mass is 201 g/mol. The maximum Gasteiger partial charge on any atom is 0 e. The summed E-state index contributed by atoms with van der Waals surface area (Å²) in [7, 11) is 0. The van der Waals surface area contributed by atoms with Gasteiger partial charge in [-0.15, -0.1) is 18.2 Å². The number of allylic oxidation sites excluding steroid dienone is 1. The summed E-state index contributed by atoms with van der Waals surface area (Å²) in [6.07, 6.45) is 2.99. The van der Waals surface area contributed by atoms with Crippen LogP contribution in [0.5, 0.6) is 0 Å². The molecule has 1 radical (unpaired) electrons. The SMILES string of the molecule is C=C(C)C[CH-]C(C)N.[Y]. The third kappa shape index (κ3) is 12.1. The van der Waals surface area contributed by atoms with Crippen LogP contribution in [0.25, 0.3) is 0 Å². The first-order chi connectivity index (χ1) is 3.63. The zero-order valence-corrected chi connectivity index (χ0v) is 9.06. The Morgan fingerprint density at radius 2 is 2.22 bits per heavy atom. The number of nitrogens with two attached hydrogens (primary N) is 1. The average Bonchev–Trinajstić information content (AvgIpc) is 1.61. The zero-order chi connectivity index (χ0) is 6.57. The molecule has 2 heteroatoms. The average molecular weight is 201 g/mol. The molecule has 0 aromatic rings. The van der Waals surface area contributed by atoms with E-state index in [9.17, 15) is 0 Å². The second-order valence-electron chi connectivity index (χ2n) is 2.26. The number of hydrogen-bond acceptors (Lipinski definition) is 1. The molecule has 0 aliphatic carbocycles. The molecule has 0 spiro atoms. The van der Waals surface area contributed by atoms with Crippen molar-refractivity contribution in [3.63, 3.8) is 0 Å². The number of hydrogen-bond donors (Lipinski definition) is 1. The van der Waals surface area contributed by atoms with Gasteiger partial charge in [0.25, 0.3) is 0 Å². The van der Waals surface area contributed by atoms with Gasteiger partial charge in [0.1, 0.15) is 0 Å². The summed E-state index contributed by atoms with van der Waals surface area (Å²) in [6, 6.07) is 0.201. The summed E-state index contributed by atoms with van der Waals surface area (Å²) in [5.74, 6) is 0. The van der Waals surface area contributed by atoms with E-state index < -0.39 is 0 Å². The second-order valence-corrected chi connectivity index (χ2v) is 2.26. The van der Waals surface area contributed by atoms with Crippen LogP contribution in [0, 0.1) is 6.42 Å². The molecule has 0 saturated carbocycles. The molecule has 1 unspecified atom stereocenters. The predicted octanol–water partition coefficient (Wildman–Crippen LogP) is 1.50. The van der Waals surface area contributed by atoms with Crippen LogP contribution in [0.4, 0.5) is 0 Å². The molecule has 0 rings (SSSR count). The quantitative estimate of drug-likeness (QED) is 0.543. The summed E-state index contributed by atoms with van der Waals surface area (Å²) in [5, 5.41) is 0. The Labute approximate surface area is 83.0 Å². The van der Waals surface area contributed by atoms with Crippen molar-refractivity contribution < 1.29 is 32.7 Å². The summed E-state index contributed by atoms with van der Waals surface area (Å²) >= 11 is 0. The minimum absolute atomic E-state index is 0. The Hall–Kier alpha value is 0.804. The molecule has 51 valence electrons. The van der Waals surface area contributed by atoms with Gasteiger partial charge in [0.15, 0.2) is 0 Å². The zero-order valence-electron chi connectivity index (χ0n) is 6.22. The molecule has 0 bridgehead atoms. The van der Waals surface area contributed by atoms with Gasteiger partial charge in [-0.2, -0.15) is 6.42 Å². The second kappa shape index (κ2) is 6.92. The van der Waals surface area contributed by atoms with E-state index in [2.05, 4.69) is 6.58 Å². The maximum atomic E-state index is 5.44. The Morgan fingerprint density at radius 3 is 2.33 bits per heavy atom. The van der Waals surface area contributed by atoms with Crippen LogP contribution < -0.4 is 5.73 Å². The molecule has 0 heterocycles. The van der Waals surface area contributed by atoms with Gasteiger partial charge in [0.2, 0.25) is 0 Å². The van der Waals surface area contributed by atoms with E-state index >= 15 is 0 Å². The van der Waals surface area contributed by atoms with Gasteiger partial charge in [-0.1, -0.05) is 6.92 Å². The predicted molar refractivity (Wildman–Crippen MR) is 37.4 cm³/mol. The van der Waals surface area contributed by atoms with Crippen molar-refractivity contribution >= 4 is 0 Å². The molecule has 1 nitrogen and oxygen atoms in total. The maximum absolute atomic E-state index is 5.44. The molecule has 2 N–H and O–H groups in total. The third-order valence-corrected chi connectivity index (χ3v) is 0.838. The van der Waals surface area contributed by atoms with Crippen LogP contribution in [0.1, 0.15) is 20.3 Å². The fourth-order valence-electron chi connectivity index (χ4n) is 0.387. The van der Waals surface area contributed by atoms with Crippen LogP contribution in [0.2, 0.25) is 0 Å². The van der Waals surface area contributed by atoms with Gasteiger partial charge in [0.05, 0.1) is 0 Å². The van der Waals surface area contributed by atoms with Crippen molar-refractivity contribution in [2.45, 2.75) is 26.3 Å². The minimum atomic E-state index is 0. The molecular weight excluding hydrogens is 187 g/mol. The summed E-state index contributed by atoms with van der Waals surface area (Å²) < 4.78 is 0. The molecule has 0 aromatic carbocycles. The van der Waals surface area contributed by atoms with Gasteiger partial charge in [-0.3, -0.25) is 0 Å². The number of rotatable bonds is 3.